The molecule has 5 heteroatoms. The molecule has 1 unspecified atom stereocenters. The number of aliphatic hydroxyl groups excluding tert-OH is 1. The quantitative estimate of drug-likeness (QED) is 0.544. The molecule has 0 bridgehead atoms. The van der Waals surface area contributed by atoms with Crippen LogP contribution >= 0.6 is 0 Å². The normalized spacial score (nSPS) is 12.1. The van der Waals surface area contributed by atoms with Gasteiger partial charge in [-0.15, -0.1) is 0 Å². The zero-order valence-electron chi connectivity index (χ0n) is 11.8. The molecule has 20 heavy (non-hydrogen) atoms. The topological polar surface area (TPSA) is 89.8 Å². The molecule has 0 spiro atoms. The van der Waals surface area contributed by atoms with E-state index in [0.29, 0.717) is 24.9 Å². The van der Waals surface area contributed by atoms with Gasteiger partial charge in [0.25, 0.3) is 0 Å². The van der Waals surface area contributed by atoms with Crippen molar-refractivity contribution < 1.29 is 20.1 Å². The molecular formula is C15H23NO4. The number of carbonyl (C=O) groups is 1. The summed E-state index contributed by atoms with van der Waals surface area (Å²) in [4.78, 5) is 12.0. The van der Waals surface area contributed by atoms with Crippen molar-refractivity contribution in [2.24, 2.45) is 5.92 Å². The minimum absolute atomic E-state index is 0.0163. The van der Waals surface area contributed by atoms with Gasteiger partial charge in [-0.05, 0) is 30.9 Å². The molecule has 112 valence electrons. The molecule has 4 N–H and O–H groups in total. The number of amides is 1. The lowest BCUT2D eigenvalue weighted by molar-refractivity contribution is -0.125. The Labute approximate surface area is 119 Å². The largest absolute Gasteiger partial charge is 0.508 e. The summed E-state index contributed by atoms with van der Waals surface area (Å²) in [6, 6.07) is 4.31. The van der Waals surface area contributed by atoms with Crippen LogP contribution in [-0.2, 0) is 11.2 Å². The zero-order chi connectivity index (χ0) is 15.0. The number of phenolic OH excluding ortho intramolecular Hbond substituents is 2. The number of hydrogen-bond acceptors (Lipinski definition) is 4. The lowest BCUT2D eigenvalue weighted by Crippen LogP contribution is -2.33. The van der Waals surface area contributed by atoms with Gasteiger partial charge in [0.1, 0.15) is 11.5 Å². The summed E-state index contributed by atoms with van der Waals surface area (Å²) in [6.45, 7) is 2.59. The smallest absolute Gasteiger partial charge is 0.223 e. The number of carbonyl (C=O) groups excluding carboxylic acids is 1. The van der Waals surface area contributed by atoms with Crippen molar-refractivity contribution in [3.05, 3.63) is 23.8 Å². The second-order valence-electron chi connectivity index (χ2n) is 4.87. The van der Waals surface area contributed by atoms with E-state index in [2.05, 4.69) is 5.32 Å². The van der Waals surface area contributed by atoms with Crippen molar-refractivity contribution in [1.82, 2.24) is 5.32 Å². The highest BCUT2D eigenvalue weighted by Gasteiger charge is 2.19. The lowest BCUT2D eigenvalue weighted by atomic mass is 9.95. The van der Waals surface area contributed by atoms with Crippen LogP contribution in [0.15, 0.2) is 18.2 Å². The van der Waals surface area contributed by atoms with Crippen molar-refractivity contribution in [3.63, 3.8) is 0 Å². The number of phenols is 2. The van der Waals surface area contributed by atoms with E-state index in [-0.39, 0.29) is 29.9 Å². The first-order valence-electron chi connectivity index (χ1n) is 6.97. The zero-order valence-corrected chi connectivity index (χ0v) is 11.8. The molecule has 0 aromatic heterocycles. The molecule has 1 aromatic rings. The number of nitrogens with one attached hydrogen (secondary N) is 1. The highest BCUT2D eigenvalue weighted by molar-refractivity contribution is 5.79. The van der Waals surface area contributed by atoms with Crippen LogP contribution in [0.25, 0.3) is 0 Å². The average Bonchev–Trinajstić information content (AvgIpc) is 2.41. The Morgan fingerprint density at radius 3 is 2.70 bits per heavy atom. The number of aromatic hydroxyl groups is 2. The van der Waals surface area contributed by atoms with Crippen LogP contribution in [0.2, 0.25) is 0 Å². The van der Waals surface area contributed by atoms with E-state index in [1.807, 2.05) is 6.92 Å². The Morgan fingerprint density at radius 2 is 2.10 bits per heavy atom. The van der Waals surface area contributed by atoms with Crippen LogP contribution in [0.4, 0.5) is 0 Å². The Kier molecular flexibility index (Phi) is 6.87. The monoisotopic (exact) mass is 281 g/mol. The first kappa shape index (κ1) is 16.3. The summed E-state index contributed by atoms with van der Waals surface area (Å²) >= 11 is 0. The molecule has 1 amide bonds. The molecule has 0 heterocycles. The van der Waals surface area contributed by atoms with Gasteiger partial charge in [0.05, 0.1) is 0 Å². The fourth-order valence-electron chi connectivity index (χ4n) is 2.00. The van der Waals surface area contributed by atoms with Gasteiger partial charge < -0.3 is 20.6 Å². The molecule has 1 atom stereocenters. The summed E-state index contributed by atoms with van der Waals surface area (Å²) in [5.74, 6) is -0.543. The maximum Gasteiger partial charge on any atom is 0.223 e. The third kappa shape index (κ3) is 5.09. The van der Waals surface area contributed by atoms with Gasteiger partial charge in [0, 0.05) is 25.1 Å². The third-order valence-electron chi connectivity index (χ3n) is 3.21. The van der Waals surface area contributed by atoms with Crippen molar-refractivity contribution in [2.75, 3.05) is 13.2 Å². The van der Waals surface area contributed by atoms with Crippen LogP contribution in [0.3, 0.4) is 0 Å². The molecule has 5 nitrogen and oxygen atoms in total. The van der Waals surface area contributed by atoms with Crippen LogP contribution in [0.1, 0.15) is 31.7 Å². The molecule has 0 aliphatic rings. The molecular weight excluding hydrogens is 258 g/mol. The summed E-state index contributed by atoms with van der Waals surface area (Å²) < 4.78 is 0. The Hall–Kier alpha value is -1.75. The highest BCUT2D eigenvalue weighted by Crippen LogP contribution is 2.25. The average molecular weight is 281 g/mol. The van der Waals surface area contributed by atoms with Crippen LogP contribution in [0, 0.1) is 5.92 Å². The predicted octanol–water partition coefficient (Wildman–Crippen LogP) is 1.56. The van der Waals surface area contributed by atoms with E-state index in [1.54, 1.807) is 6.07 Å². The number of hydrogen-bond donors (Lipinski definition) is 4. The van der Waals surface area contributed by atoms with Gasteiger partial charge in [-0.2, -0.15) is 0 Å². The molecule has 1 aromatic carbocycles. The molecule has 0 saturated heterocycles. The number of aliphatic hydroxyl groups is 1. The van der Waals surface area contributed by atoms with E-state index in [0.717, 1.165) is 12.8 Å². The van der Waals surface area contributed by atoms with Gasteiger partial charge in [-0.1, -0.05) is 19.4 Å². The van der Waals surface area contributed by atoms with Crippen LogP contribution in [0.5, 0.6) is 11.5 Å². The van der Waals surface area contributed by atoms with E-state index >= 15 is 0 Å². The lowest BCUT2D eigenvalue weighted by Gasteiger charge is -2.16. The number of rotatable bonds is 8. The Balaban J connectivity index is 2.68. The fraction of sp³-hybridized carbons (Fsp3) is 0.533. The summed E-state index contributed by atoms with van der Waals surface area (Å²) in [7, 11) is 0. The van der Waals surface area contributed by atoms with Crippen molar-refractivity contribution in [1.29, 1.82) is 0 Å². The van der Waals surface area contributed by atoms with E-state index < -0.39 is 0 Å². The minimum atomic E-state index is -0.382. The van der Waals surface area contributed by atoms with Gasteiger partial charge >= 0.3 is 0 Å². The van der Waals surface area contributed by atoms with Gasteiger partial charge in [-0.25, -0.2) is 0 Å². The minimum Gasteiger partial charge on any atom is -0.508 e. The SMILES string of the molecule is CCCCNC(=O)C(CCO)Cc1ccc(O)cc1O. The van der Waals surface area contributed by atoms with Crippen LogP contribution < -0.4 is 5.32 Å². The Morgan fingerprint density at radius 1 is 1.35 bits per heavy atom. The van der Waals surface area contributed by atoms with Crippen molar-refractivity contribution in [2.45, 2.75) is 32.6 Å². The van der Waals surface area contributed by atoms with Crippen molar-refractivity contribution >= 4 is 5.91 Å². The first-order chi connectivity index (χ1) is 9.58. The first-order valence-corrected chi connectivity index (χ1v) is 6.97. The van der Waals surface area contributed by atoms with Gasteiger partial charge in [0.15, 0.2) is 0 Å². The van der Waals surface area contributed by atoms with E-state index in [1.165, 1.54) is 12.1 Å². The predicted molar refractivity (Wildman–Crippen MR) is 76.6 cm³/mol. The maximum absolute atomic E-state index is 12.0. The molecule has 0 radical (unpaired) electrons. The van der Waals surface area contributed by atoms with Crippen molar-refractivity contribution in [3.8, 4) is 11.5 Å². The molecule has 0 fully saturated rings. The third-order valence-corrected chi connectivity index (χ3v) is 3.21. The van der Waals surface area contributed by atoms with Gasteiger partial charge in [0.2, 0.25) is 5.91 Å². The molecule has 0 aliphatic heterocycles. The number of unbranched alkanes of at least 4 members (excludes halogenated alkanes) is 1. The summed E-state index contributed by atoms with van der Waals surface area (Å²) in [6.07, 6.45) is 2.61. The second kappa shape index (κ2) is 8.43. The maximum atomic E-state index is 12.0. The number of benzene rings is 1. The standard InChI is InChI=1S/C15H23NO4/c1-2-3-7-16-15(20)12(6-8-17)9-11-4-5-13(18)10-14(11)19/h4-5,10,12,17-19H,2-3,6-9H2,1H3,(H,16,20). The Bertz CT molecular complexity index is 434. The summed E-state index contributed by atoms with van der Waals surface area (Å²) in [5, 5.41) is 30.9. The van der Waals surface area contributed by atoms with Crippen LogP contribution in [-0.4, -0.2) is 34.4 Å². The molecule has 0 saturated carbocycles. The summed E-state index contributed by atoms with van der Waals surface area (Å²) in [5.41, 5.74) is 0.590. The van der Waals surface area contributed by atoms with E-state index in [4.69, 9.17) is 5.11 Å². The second-order valence-corrected chi connectivity index (χ2v) is 4.87. The fourth-order valence-corrected chi connectivity index (χ4v) is 2.00. The van der Waals surface area contributed by atoms with E-state index in [9.17, 15) is 15.0 Å². The molecule has 1 rings (SSSR count). The van der Waals surface area contributed by atoms with Gasteiger partial charge in [-0.3, -0.25) is 4.79 Å². The highest BCUT2D eigenvalue weighted by atomic mass is 16.3. The molecule has 0 aliphatic carbocycles.